The minimum atomic E-state index is -0.143. The van der Waals surface area contributed by atoms with E-state index < -0.39 is 0 Å². The molecule has 4 heteroatoms. The molecule has 1 aromatic heterocycles. The number of H-pyrrole nitrogens is 1. The molecule has 0 saturated heterocycles. The van der Waals surface area contributed by atoms with Crippen LogP contribution >= 0.6 is 15.9 Å². The molecule has 1 aliphatic heterocycles. The molecule has 1 aliphatic rings. The highest BCUT2D eigenvalue weighted by molar-refractivity contribution is 9.10. The minimum absolute atomic E-state index is 0.0155. The molecular formula is C25H21BrN2O. The Balaban J connectivity index is 1.79. The van der Waals surface area contributed by atoms with Crippen molar-refractivity contribution in [1.29, 1.82) is 0 Å². The van der Waals surface area contributed by atoms with E-state index in [0.29, 0.717) is 0 Å². The van der Waals surface area contributed by atoms with Gasteiger partial charge in [0.05, 0.1) is 12.1 Å². The fourth-order valence-electron chi connectivity index (χ4n) is 4.66. The highest BCUT2D eigenvalue weighted by Crippen LogP contribution is 2.46. The summed E-state index contributed by atoms with van der Waals surface area (Å²) in [7, 11) is 0. The van der Waals surface area contributed by atoms with Gasteiger partial charge in [-0.05, 0) is 29.3 Å². The number of carbonyl (C=O) groups excluding carboxylic acids is 1. The molecule has 2 heterocycles. The van der Waals surface area contributed by atoms with E-state index >= 15 is 0 Å². The fraction of sp³-hybridized carbons (Fsp3) is 0.160. The van der Waals surface area contributed by atoms with Crippen molar-refractivity contribution in [2.75, 3.05) is 0 Å². The number of aromatic nitrogens is 1. The second-order valence-electron chi connectivity index (χ2n) is 7.58. The van der Waals surface area contributed by atoms with Crippen molar-refractivity contribution in [3.8, 4) is 0 Å². The molecule has 144 valence electrons. The van der Waals surface area contributed by atoms with Crippen LogP contribution in [-0.2, 0) is 11.2 Å². The van der Waals surface area contributed by atoms with Gasteiger partial charge in [-0.2, -0.15) is 0 Å². The lowest BCUT2D eigenvalue weighted by Gasteiger charge is -2.42. The third-order valence-corrected chi connectivity index (χ3v) is 6.32. The van der Waals surface area contributed by atoms with Gasteiger partial charge in [0.25, 0.3) is 0 Å². The van der Waals surface area contributed by atoms with E-state index in [1.54, 1.807) is 6.92 Å². The van der Waals surface area contributed by atoms with Crippen molar-refractivity contribution in [2.24, 2.45) is 0 Å². The summed E-state index contributed by atoms with van der Waals surface area (Å²) in [5, 5.41) is 1.19. The Labute approximate surface area is 178 Å². The number of aromatic amines is 1. The van der Waals surface area contributed by atoms with Gasteiger partial charge >= 0.3 is 0 Å². The first-order valence-electron chi connectivity index (χ1n) is 9.82. The first-order valence-corrected chi connectivity index (χ1v) is 10.6. The van der Waals surface area contributed by atoms with Gasteiger partial charge in [-0.1, -0.05) is 76.6 Å². The summed E-state index contributed by atoms with van der Waals surface area (Å²) < 4.78 is 1.02. The monoisotopic (exact) mass is 444 g/mol. The predicted octanol–water partition coefficient (Wildman–Crippen LogP) is 6.17. The maximum absolute atomic E-state index is 13.0. The van der Waals surface area contributed by atoms with Crippen LogP contribution in [0.2, 0.25) is 0 Å². The summed E-state index contributed by atoms with van der Waals surface area (Å²) >= 11 is 3.61. The second-order valence-corrected chi connectivity index (χ2v) is 8.49. The fourth-order valence-corrected chi connectivity index (χ4v) is 5.08. The lowest BCUT2D eigenvalue weighted by atomic mass is 9.84. The van der Waals surface area contributed by atoms with Crippen molar-refractivity contribution in [3.05, 3.63) is 106 Å². The van der Waals surface area contributed by atoms with Gasteiger partial charge < -0.3 is 9.88 Å². The summed E-state index contributed by atoms with van der Waals surface area (Å²) in [5.41, 5.74) is 5.81. The van der Waals surface area contributed by atoms with Crippen LogP contribution in [0.5, 0.6) is 0 Å². The highest BCUT2D eigenvalue weighted by Gasteiger charge is 2.39. The van der Waals surface area contributed by atoms with Crippen LogP contribution in [0, 0.1) is 0 Å². The minimum Gasteiger partial charge on any atom is -0.358 e. The van der Waals surface area contributed by atoms with Gasteiger partial charge in [0, 0.05) is 40.0 Å². The maximum atomic E-state index is 13.0. The van der Waals surface area contributed by atoms with Gasteiger partial charge in [0.1, 0.15) is 0 Å². The van der Waals surface area contributed by atoms with Gasteiger partial charge in [-0.25, -0.2) is 0 Å². The molecule has 1 amide bonds. The van der Waals surface area contributed by atoms with Gasteiger partial charge in [0.15, 0.2) is 0 Å². The van der Waals surface area contributed by atoms with Crippen LogP contribution in [0.25, 0.3) is 10.9 Å². The second kappa shape index (κ2) is 7.20. The van der Waals surface area contributed by atoms with Crippen molar-refractivity contribution < 1.29 is 4.79 Å². The third kappa shape index (κ3) is 3.08. The number of amides is 1. The first kappa shape index (κ1) is 18.2. The van der Waals surface area contributed by atoms with Gasteiger partial charge in [-0.15, -0.1) is 0 Å². The maximum Gasteiger partial charge on any atom is 0.220 e. The number of para-hydroxylation sites is 1. The zero-order valence-corrected chi connectivity index (χ0v) is 17.7. The predicted molar refractivity (Wildman–Crippen MR) is 120 cm³/mol. The Morgan fingerprint density at radius 1 is 0.966 bits per heavy atom. The molecule has 0 aliphatic carbocycles. The SMILES string of the molecule is CC(=O)N1[C@@H](c2cccc(Br)c2)c2c([nH]c3ccccc23)C[C@H]1c1ccccc1. The van der Waals surface area contributed by atoms with Gasteiger partial charge in [0.2, 0.25) is 5.91 Å². The third-order valence-electron chi connectivity index (χ3n) is 5.83. The quantitative estimate of drug-likeness (QED) is 0.394. The summed E-state index contributed by atoms with van der Waals surface area (Å²) in [4.78, 5) is 18.7. The molecule has 0 spiro atoms. The number of benzene rings is 3. The number of rotatable bonds is 2. The number of halogens is 1. The molecule has 5 rings (SSSR count). The smallest absolute Gasteiger partial charge is 0.220 e. The van der Waals surface area contributed by atoms with E-state index in [9.17, 15) is 4.79 Å². The number of hydrogen-bond acceptors (Lipinski definition) is 1. The van der Waals surface area contributed by atoms with E-state index in [-0.39, 0.29) is 18.0 Å². The van der Waals surface area contributed by atoms with Crippen molar-refractivity contribution in [1.82, 2.24) is 9.88 Å². The molecule has 0 saturated carbocycles. The molecular weight excluding hydrogens is 424 g/mol. The molecule has 4 aromatic rings. The lowest BCUT2D eigenvalue weighted by Crippen LogP contribution is -2.41. The molecule has 0 radical (unpaired) electrons. The van der Waals surface area contributed by atoms with Crippen molar-refractivity contribution in [3.63, 3.8) is 0 Å². The van der Waals surface area contributed by atoms with Crippen molar-refractivity contribution in [2.45, 2.75) is 25.4 Å². The molecule has 29 heavy (non-hydrogen) atoms. The molecule has 0 fully saturated rings. The van der Waals surface area contributed by atoms with Crippen LogP contribution in [0.3, 0.4) is 0 Å². The molecule has 0 unspecified atom stereocenters. The van der Waals surface area contributed by atoms with Crippen LogP contribution < -0.4 is 0 Å². The van der Waals surface area contributed by atoms with Gasteiger partial charge in [-0.3, -0.25) is 4.79 Å². The van der Waals surface area contributed by atoms with E-state index in [0.717, 1.165) is 27.5 Å². The summed E-state index contributed by atoms with van der Waals surface area (Å²) in [6, 6.07) is 26.9. The number of hydrogen-bond donors (Lipinski definition) is 1. The highest BCUT2D eigenvalue weighted by atomic mass is 79.9. The van der Waals surface area contributed by atoms with E-state index in [2.05, 4.69) is 74.3 Å². The number of carbonyl (C=O) groups is 1. The van der Waals surface area contributed by atoms with E-state index in [4.69, 9.17) is 0 Å². The number of nitrogens with zero attached hydrogens (tertiary/aromatic N) is 1. The Morgan fingerprint density at radius 2 is 1.69 bits per heavy atom. The summed E-state index contributed by atoms with van der Waals surface area (Å²) in [6.07, 6.45) is 0.776. The lowest BCUT2D eigenvalue weighted by molar-refractivity contribution is -0.133. The zero-order chi connectivity index (χ0) is 20.0. The number of fused-ring (bicyclic) bond motifs is 3. The van der Waals surface area contributed by atoms with Crippen LogP contribution in [-0.4, -0.2) is 15.8 Å². The number of nitrogens with one attached hydrogen (secondary N) is 1. The Hall–Kier alpha value is -2.85. The molecule has 1 N–H and O–H groups in total. The van der Waals surface area contributed by atoms with E-state index in [1.165, 1.54) is 16.6 Å². The Kier molecular flexibility index (Phi) is 4.51. The first-order chi connectivity index (χ1) is 14.1. The average Bonchev–Trinajstić information content (AvgIpc) is 3.11. The van der Waals surface area contributed by atoms with Crippen LogP contribution in [0.4, 0.5) is 0 Å². The van der Waals surface area contributed by atoms with Crippen LogP contribution in [0.1, 0.15) is 41.4 Å². The average molecular weight is 445 g/mol. The largest absolute Gasteiger partial charge is 0.358 e. The Bertz CT molecular complexity index is 1200. The summed E-state index contributed by atoms with van der Waals surface area (Å²) in [6.45, 7) is 1.68. The molecule has 3 aromatic carbocycles. The Morgan fingerprint density at radius 3 is 2.45 bits per heavy atom. The summed E-state index contributed by atoms with van der Waals surface area (Å²) in [5.74, 6) is 0.0831. The standard InChI is InChI=1S/C25H21BrN2O/c1-16(29)28-23(17-8-3-2-4-9-17)15-22-24(20-12-5-6-13-21(20)27-22)25(28)18-10-7-11-19(26)14-18/h2-14,23,25,27H,15H2,1H3/t23-,25-/m0/s1. The molecule has 2 atom stereocenters. The molecule has 0 bridgehead atoms. The normalized spacial score (nSPS) is 18.6. The van der Waals surface area contributed by atoms with Crippen LogP contribution in [0.15, 0.2) is 83.3 Å². The zero-order valence-electron chi connectivity index (χ0n) is 16.1. The topological polar surface area (TPSA) is 36.1 Å². The van der Waals surface area contributed by atoms with Crippen molar-refractivity contribution >= 4 is 32.7 Å². The van der Waals surface area contributed by atoms with E-state index in [1.807, 2.05) is 30.3 Å². The molecule has 3 nitrogen and oxygen atoms in total.